The van der Waals surface area contributed by atoms with Crippen LogP contribution in [0.4, 0.5) is 0 Å². The SMILES string of the molecule is CN(Cc1ccc2c(c1)OCO2)C(=O)C1CCC(C(=O)O)CC1. The van der Waals surface area contributed by atoms with Gasteiger partial charge in [0, 0.05) is 19.5 Å². The molecule has 0 atom stereocenters. The Balaban J connectivity index is 1.57. The third-order valence-electron chi connectivity index (χ3n) is 4.66. The number of hydrogen-bond acceptors (Lipinski definition) is 4. The number of rotatable bonds is 4. The van der Waals surface area contributed by atoms with Crippen LogP contribution in [0.15, 0.2) is 18.2 Å². The van der Waals surface area contributed by atoms with Gasteiger partial charge in [0.1, 0.15) is 0 Å². The van der Waals surface area contributed by atoms with Crippen molar-refractivity contribution in [3.63, 3.8) is 0 Å². The molecule has 0 saturated heterocycles. The van der Waals surface area contributed by atoms with E-state index in [4.69, 9.17) is 14.6 Å². The molecular formula is C17H21NO5. The van der Waals surface area contributed by atoms with Gasteiger partial charge in [-0.05, 0) is 43.4 Å². The van der Waals surface area contributed by atoms with Crippen LogP contribution in [0.5, 0.6) is 11.5 Å². The van der Waals surface area contributed by atoms with E-state index in [-0.39, 0.29) is 24.5 Å². The van der Waals surface area contributed by atoms with Crippen molar-refractivity contribution in [2.45, 2.75) is 32.2 Å². The van der Waals surface area contributed by atoms with E-state index in [2.05, 4.69) is 0 Å². The molecule has 1 aromatic carbocycles. The first kappa shape index (κ1) is 15.6. The van der Waals surface area contributed by atoms with Crippen LogP contribution in [-0.2, 0) is 16.1 Å². The van der Waals surface area contributed by atoms with Crippen LogP contribution in [0.25, 0.3) is 0 Å². The lowest BCUT2D eigenvalue weighted by molar-refractivity contribution is -0.145. The van der Waals surface area contributed by atoms with Gasteiger partial charge in [0.05, 0.1) is 5.92 Å². The number of aliphatic carboxylic acids is 1. The number of carbonyl (C=O) groups excluding carboxylic acids is 1. The highest BCUT2D eigenvalue weighted by atomic mass is 16.7. The number of carboxylic acid groups (broad SMARTS) is 1. The summed E-state index contributed by atoms with van der Waals surface area (Å²) in [6, 6.07) is 5.68. The Labute approximate surface area is 135 Å². The second-order valence-electron chi connectivity index (χ2n) is 6.27. The summed E-state index contributed by atoms with van der Waals surface area (Å²) in [4.78, 5) is 25.2. The molecular weight excluding hydrogens is 298 g/mol. The maximum atomic E-state index is 12.5. The number of fused-ring (bicyclic) bond motifs is 1. The second kappa shape index (κ2) is 6.48. The molecule has 1 saturated carbocycles. The Bertz CT molecular complexity index is 607. The molecule has 0 aromatic heterocycles. The molecule has 0 bridgehead atoms. The van der Waals surface area contributed by atoms with E-state index in [9.17, 15) is 9.59 Å². The van der Waals surface area contributed by atoms with Crippen LogP contribution >= 0.6 is 0 Å². The van der Waals surface area contributed by atoms with E-state index in [0.717, 1.165) is 11.3 Å². The fraction of sp³-hybridized carbons (Fsp3) is 0.529. The minimum absolute atomic E-state index is 0.0652. The zero-order valence-electron chi connectivity index (χ0n) is 13.2. The van der Waals surface area contributed by atoms with E-state index in [0.29, 0.717) is 38.0 Å². The van der Waals surface area contributed by atoms with Gasteiger partial charge in [-0.25, -0.2) is 0 Å². The molecule has 0 spiro atoms. The van der Waals surface area contributed by atoms with E-state index < -0.39 is 5.97 Å². The molecule has 1 amide bonds. The van der Waals surface area contributed by atoms with Gasteiger partial charge in [-0.15, -0.1) is 0 Å². The van der Waals surface area contributed by atoms with Gasteiger partial charge in [0.15, 0.2) is 11.5 Å². The van der Waals surface area contributed by atoms with Gasteiger partial charge in [-0.1, -0.05) is 6.07 Å². The Morgan fingerprint density at radius 2 is 1.78 bits per heavy atom. The summed E-state index contributed by atoms with van der Waals surface area (Å²) in [5, 5.41) is 9.03. The average Bonchev–Trinajstić information content (AvgIpc) is 3.01. The van der Waals surface area contributed by atoms with Gasteiger partial charge in [-0.3, -0.25) is 9.59 Å². The minimum Gasteiger partial charge on any atom is -0.481 e. The largest absolute Gasteiger partial charge is 0.481 e. The van der Waals surface area contributed by atoms with E-state index in [1.165, 1.54) is 0 Å². The molecule has 3 rings (SSSR count). The average molecular weight is 319 g/mol. The standard InChI is InChI=1S/C17H21NO5/c1-18(9-11-2-7-14-15(8-11)23-10-22-14)16(19)12-3-5-13(6-4-12)17(20)21/h2,7-8,12-13H,3-6,9-10H2,1H3,(H,20,21). The summed E-state index contributed by atoms with van der Waals surface area (Å²) >= 11 is 0. The molecule has 0 unspecified atom stereocenters. The van der Waals surface area contributed by atoms with Crippen molar-refractivity contribution in [2.24, 2.45) is 11.8 Å². The highest BCUT2D eigenvalue weighted by Crippen LogP contribution is 2.33. The summed E-state index contributed by atoms with van der Waals surface area (Å²) in [6.07, 6.45) is 2.48. The molecule has 1 heterocycles. The number of hydrogen-bond donors (Lipinski definition) is 1. The highest BCUT2D eigenvalue weighted by molar-refractivity contribution is 5.79. The van der Waals surface area contributed by atoms with Gasteiger partial charge >= 0.3 is 5.97 Å². The van der Waals surface area contributed by atoms with Crippen molar-refractivity contribution in [1.82, 2.24) is 4.90 Å². The summed E-state index contributed by atoms with van der Waals surface area (Å²) in [5.74, 6) is 0.430. The molecule has 1 aliphatic carbocycles. The van der Waals surface area contributed by atoms with E-state index in [1.807, 2.05) is 18.2 Å². The van der Waals surface area contributed by atoms with Crippen molar-refractivity contribution in [3.05, 3.63) is 23.8 Å². The van der Waals surface area contributed by atoms with Gasteiger partial charge in [0.2, 0.25) is 12.7 Å². The fourth-order valence-electron chi connectivity index (χ4n) is 3.29. The Hall–Kier alpha value is -2.24. The minimum atomic E-state index is -0.746. The second-order valence-corrected chi connectivity index (χ2v) is 6.27. The lowest BCUT2D eigenvalue weighted by Gasteiger charge is -2.29. The zero-order valence-corrected chi connectivity index (χ0v) is 13.2. The number of nitrogens with zero attached hydrogens (tertiary/aromatic N) is 1. The Kier molecular flexibility index (Phi) is 4.41. The van der Waals surface area contributed by atoms with Crippen molar-refractivity contribution < 1.29 is 24.2 Å². The molecule has 6 nitrogen and oxygen atoms in total. The number of amides is 1. The van der Waals surface area contributed by atoms with Crippen LogP contribution in [-0.4, -0.2) is 35.7 Å². The number of carbonyl (C=O) groups is 2. The zero-order chi connectivity index (χ0) is 16.4. The van der Waals surface area contributed by atoms with Crippen LogP contribution in [0.2, 0.25) is 0 Å². The highest BCUT2D eigenvalue weighted by Gasteiger charge is 2.31. The fourth-order valence-corrected chi connectivity index (χ4v) is 3.29. The summed E-state index contributed by atoms with van der Waals surface area (Å²) in [7, 11) is 1.79. The Morgan fingerprint density at radius 3 is 2.48 bits per heavy atom. The monoisotopic (exact) mass is 319 g/mol. The lowest BCUT2D eigenvalue weighted by Crippen LogP contribution is -2.35. The molecule has 2 aliphatic rings. The first-order valence-electron chi connectivity index (χ1n) is 7.91. The normalized spacial score (nSPS) is 22.7. The van der Waals surface area contributed by atoms with Crippen molar-refractivity contribution >= 4 is 11.9 Å². The topological polar surface area (TPSA) is 76.1 Å². The van der Waals surface area contributed by atoms with E-state index in [1.54, 1.807) is 11.9 Å². The predicted molar refractivity (Wildman–Crippen MR) is 82.1 cm³/mol. The quantitative estimate of drug-likeness (QED) is 0.921. The van der Waals surface area contributed by atoms with Crippen molar-refractivity contribution in [3.8, 4) is 11.5 Å². The Morgan fingerprint density at radius 1 is 1.13 bits per heavy atom. The van der Waals surface area contributed by atoms with E-state index >= 15 is 0 Å². The number of benzene rings is 1. The van der Waals surface area contributed by atoms with Gasteiger partial charge in [-0.2, -0.15) is 0 Å². The summed E-state index contributed by atoms with van der Waals surface area (Å²) in [5.41, 5.74) is 0.990. The molecule has 6 heteroatoms. The van der Waals surface area contributed by atoms with Gasteiger partial charge in [0.25, 0.3) is 0 Å². The lowest BCUT2D eigenvalue weighted by atomic mass is 9.81. The molecule has 1 aliphatic heterocycles. The van der Waals surface area contributed by atoms with Crippen LogP contribution in [0, 0.1) is 11.8 Å². The smallest absolute Gasteiger partial charge is 0.306 e. The molecule has 1 aromatic rings. The molecule has 23 heavy (non-hydrogen) atoms. The summed E-state index contributed by atoms with van der Waals surface area (Å²) in [6.45, 7) is 0.745. The third kappa shape index (κ3) is 3.41. The summed E-state index contributed by atoms with van der Waals surface area (Å²) < 4.78 is 10.6. The maximum Gasteiger partial charge on any atom is 0.306 e. The van der Waals surface area contributed by atoms with Crippen molar-refractivity contribution in [1.29, 1.82) is 0 Å². The molecule has 1 fully saturated rings. The first-order valence-corrected chi connectivity index (χ1v) is 7.91. The van der Waals surface area contributed by atoms with Crippen molar-refractivity contribution in [2.75, 3.05) is 13.8 Å². The molecule has 124 valence electrons. The van der Waals surface area contributed by atoms with Gasteiger partial charge < -0.3 is 19.5 Å². The third-order valence-corrected chi connectivity index (χ3v) is 4.66. The molecule has 0 radical (unpaired) electrons. The first-order chi connectivity index (χ1) is 11.0. The predicted octanol–water partition coefficient (Wildman–Crippen LogP) is 2.26. The van der Waals surface area contributed by atoms with Crippen LogP contribution < -0.4 is 9.47 Å². The van der Waals surface area contributed by atoms with Crippen LogP contribution in [0.3, 0.4) is 0 Å². The van der Waals surface area contributed by atoms with Crippen LogP contribution in [0.1, 0.15) is 31.2 Å². The number of carboxylic acids is 1. The molecule has 1 N–H and O–H groups in total. The maximum absolute atomic E-state index is 12.5. The number of ether oxygens (including phenoxy) is 2.